The van der Waals surface area contributed by atoms with Crippen LogP contribution in [0.1, 0.15) is 45.2 Å². The standard InChI is InChI=1S/C21H27N7OS/c1-4-15-12-16(11-14(3)28(15)8-5-7-22)29-21-24-19(17-6-9-30-20(17)25-21)23-18-10-13(2)26-27-18/h6,9-10,14-16H,4-5,8,11-12H2,1-3H3,(H2,23,24,25,26,27). The van der Waals surface area contributed by atoms with Crippen LogP contribution in [0.2, 0.25) is 0 Å². The molecule has 8 nitrogen and oxygen atoms in total. The predicted molar refractivity (Wildman–Crippen MR) is 118 cm³/mol. The number of fused-ring (bicyclic) bond motifs is 1. The summed E-state index contributed by atoms with van der Waals surface area (Å²) in [5.41, 5.74) is 0.979. The molecule has 0 saturated carbocycles. The Hall–Kier alpha value is -2.70. The zero-order chi connectivity index (χ0) is 21.1. The first-order chi connectivity index (χ1) is 14.6. The normalized spacial score (nSPS) is 22.1. The molecule has 2 N–H and O–H groups in total. The molecule has 0 bridgehead atoms. The Labute approximate surface area is 180 Å². The van der Waals surface area contributed by atoms with Crippen LogP contribution in [0.5, 0.6) is 6.01 Å². The van der Waals surface area contributed by atoms with Gasteiger partial charge in [0, 0.05) is 43.2 Å². The number of aromatic amines is 1. The molecular weight excluding hydrogens is 398 g/mol. The molecule has 0 radical (unpaired) electrons. The average molecular weight is 426 g/mol. The van der Waals surface area contributed by atoms with E-state index >= 15 is 0 Å². The second-order valence-electron chi connectivity index (χ2n) is 7.82. The zero-order valence-electron chi connectivity index (χ0n) is 17.6. The molecule has 0 amide bonds. The number of hydrogen-bond acceptors (Lipinski definition) is 8. The number of ether oxygens (including phenoxy) is 1. The number of nitrogens with one attached hydrogen (secondary N) is 2. The van der Waals surface area contributed by atoms with Gasteiger partial charge < -0.3 is 10.1 Å². The molecule has 1 saturated heterocycles. The quantitative estimate of drug-likeness (QED) is 0.578. The highest BCUT2D eigenvalue weighted by atomic mass is 32.1. The molecule has 3 aromatic rings. The van der Waals surface area contributed by atoms with E-state index in [0.717, 1.165) is 47.5 Å². The molecule has 158 valence electrons. The van der Waals surface area contributed by atoms with Gasteiger partial charge in [-0.1, -0.05) is 6.92 Å². The zero-order valence-corrected chi connectivity index (χ0v) is 18.4. The summed E-state index contributed by atoms with van der Waals surface area (Å²) in [5.74, 6) is 1.42. The van der Waals surface area contributed by atoms with Crippen LogP contribution >= 0.6 is 11.3 Å². The SMILES string of the molecule is CCC1CC(Oc2nc(Nc3cc(C)[nH]n3)c3ccsc3n2)CC(C)N1CCC#N. The maximum atomic E-state index is 8.96. The molecule has 30 heavy (non-hydrogen) atoms. The van der Waals surface area contributed by atoms with Gasteiger partial charge in [0.25, 0.3) is 0 Å². The van der Waals surface area contributed by atoms with Crippen LogP contribution in [-0.4, -0.2) is 49.8 Å². The second-order valence-corrected chi connectivity index (χ2v) is 8.72. The van der Waals surface area contributed by atoms with Crippen molar-refractivity contribution in [2.45, 2.75) is 64.6 Å². The molecule has 3 unspecified atom stereocenters. The van der Waals surface area contributed by atoms with Gasteiger partial charge >= 0.3 is 6.01 Å². The Bertz CT molecular complexity index is 1040. The number of aromatic nitrogens is 4. The molecule has 1 fully saturated rings. The highest BCUT2D eigenvalue weighted by Crippen LogP contribution is 2.32. The van der Waals surface area contributed by atoms with Gasteiger partial charge in [-0.25, -0.2) is 0 Å². The van der Waals surface area contributed by atoms with Gasteiger partial charge in [0.15, 0.2) is 5.82 Å². The van der Waals surface area contributed by atoms with Gasteiger partial charge in [-0.3, -0.25) is 10.00 Å². The minimum Gasteiger partial charge on any atom is -0.460 e. The Kier molecular flexibility index (Phi) is 6.16. The Morgan fingerprint density at radius 3 is 3.00 bits per heavy atom. The molecule has 1 aliphatic heterocycles. The van der Waals surface area contributed by atoms with Crippen LogP contribution in [0.3, 0.4) is 0 Å². The summed E-state index contributed by atoms with van der Waals surface area (Å²) in [5, 5.41) is 22.4. The average Bonchev–Trinajstić information content (AvgIpc) is 3.35. The fourth-order valence-electron chi connectivity index (χ4n) is 4.23. The van der Waals surface area contributed by atoms with Crippen molar-refractivity contribution in [1.29, 1.82) is 5.26 Å². The van der Waals surface area contributed by atoms with Gasteiger partial charge in [0.1, 0.15) is 16.8 Å². The van der Waals surface area contributed by atoms with Crippen LogP contribution in [0.15, 0.2) is 17.5 Å². The Balaban J connectivity index is 1.53. The van der Waals surface area contributed by atoms with Gasteiger partial charge in [-0.05, 0) is 38.1 Å². The summed E-state index contributed by atoms with van der Waals surface area (Å²) in [6.45, 7) is 7.19. The number of H-pyrrole nitrogens is 1. The van der Waals surface area contributed by atoms with Crippen LogP contribution in [0.25, 0.3) is 10.2 Å². The monoisotopic (exact) mass is 425 g/mol. The van der Waals surface area contributed by atoms with E-state index in [1.165, 1.54) is 0 Å². The lowest BCUT2D eigenvalue weighted by Gasteiger charge is -2.43. The number of piperidine rings is 1. The third-order valence-corrected chi connectivity index (χ3v) is 6.46. The topological polar surface area (TPSA) is 103 Å². The van der Waals surface area contributed by atoms with Crippen molar-refractivity contribution in [1.82, 2.24) is 25.1 Å². The number of anilines is 2. The molecule has 3 aromatic heterocycles. The van der Waals surface area contributed by atoms with Crippen molar-refractivity contribution in [3.05, 3.63) is 23.2 Å². The minimum absolute atomic E-state index is 0.0566. The fourth-order valence-corrected chi connectivity index (χ4v) is 4.98. The lowest BCUT2D eigenvalue weighted by atomic mass is 9.92. The molecule has 9 heteroatoms. The third kappa shape index (κ3) is 4.40. The van der Waals surface area contributed by atoms with Gasteiger partial charge in [-0.2, -0.15) is 20.3 Å². The molecule has 0 spiro atoms. The highest BCUT2D eigenvalue weighted by molar-refractivity contribution is 7.16. The van der Waals surface area contributed by atoms with E-state index in [2.05, 4.69) is 50.3 Å². The van der Waals surface area contributed by atoms with E-state index < -0.39 is 0 Å². The minimum atomic E-state index is 0.0566. The van der Waals surface area contributed by atoms with Crippen molar-refractivity contribution in [2.75, 3.05) is 11.9 Å². The fraction of sp³-hybridized carbons (Fsp3) is 0.524. The summed E-state index contributed by atoms with van der Waals surface area (Å²) in [7, 11) is 0. The number of aryl methyl sites for hydroxylation is 1. The summed E-state index contributed by atoms with van der Waals surface area (Å²) >= 11 is 1.57. The van der Waals surface area contributed by atoms with Crippen molar-refractivity contribution in [3.63, 3.8) is 0 Å². The van der Waals surface area contributed by atoms with E-state index in [0.29, 0.717) is 30.3 Å². The molecule has 4 heterocycles. The van der Waals surface area contributed by atoms with Crippen molar-refractivity contribution in [2.24, 2.45) is 0 Å². The molecule has 3 atom stereocenters. The van der Waals surface area contributed by atoms with Crippen LogP contribution in [0.4, 0.5) is 11.6 Å². The lowest BCUT2D eigenvalue weighted by Crippen LogP contribution is -2.51. The van der Waals surface area contributed by atoms with E-state index in [4.69, 9.17) is 10.00 Å². The van der Waals surface area contributed by atoms with E-state index in [-0.39, 0.29) is 6.10 Å². The predicted octanol–water partition coefficient (Wildman–Crippen LogP) is 4.39. The number of likely N-dealkylation sites (tertiary alicyclic amines) is 1. The van der Waals surface area contributed by atoms with E-state index in [1.807, 2.05) is 24.4 Å². The maximum absolute atomic E-state index is 8.96. The number of nitriles is 1. The highest BCUT2D eigenvalue weighted by Gasteiger charge is 2.33. The van der Waals surface area contributed by atoms with E-state index in [1.54, 1.807) is 11.3 Å². The van der Waals surface area contributed by atoms with E-state index in [9.17, 15) is 0 Å². The Morgan fingerprint density at radius 2 is 2.27 bits per heavy atom. The van der Waals surface area contributed by atoms with Crippen LogP contribution < -0.4 is 10.1 Å². The number of thiophene rings is 1. The number of nitrogens with zero attached hydrogens (tertiary/aromatic N) is 5. The first-order valence-electron chi connectivity index (χ1n) is 10.4. The molecule has 0 aromatic carbocycles. The summed E-state index contributed by atoms with van der Waals surface area (Å²) in [6.07, 6.45) is 3.47. The Morgan fingerprint density at radius 1 is 1.40 bits per heavy atom. The summed E-state index contributed by atoms with van der Waals surface area (Å²) in [4.78, 5) is 12.6. The largest absolute Gasteiger partial charge is 0.460 e. The van der Waals surface area contributed by atoms with Gasteiger partial charge in [0.05, 0.1) is 11.5 Å². The van der Waals surface area contributed by atoms with Crippen molar-refractivity contribution in [3.8, 4) is 12.1 Å². The first-order valence-corrected chi connectivity index (χ1v) is 11.3. The molecule has 1 aliphatic rings. The first kappa shape index (κ1) is 20.6. The van der Waals surface area contributed by atoms with Gasteiger partial charge in [0.2, 0.25) is 0 Å². The summed E-state index contributed by atoms with van der Waals surface area (Å²) < 4.78 is 6.30. The van der Waals surface area contributed by atoms with Gasteiger partial charge in [-0.15, -0.1) is 11.3 Å². The smallest absolute Gasteiger partial charge is 0.320 e. The lowest BCUT2D eigenvalue weighted by molar-refractivity contribution is 0.0149. The van der Waals surface area contributed by atoms with Crippen LogP contribution in [-0.2, 0) is 0 Å². The molecule has 4 rings (SSSR count). The molecular formula is C21H27N7OS. The second kappa shape index (κ2) is 8.98. The maximum Gasteiger partial charge on any atom is 0.320 e. The third-order valence-electron chi connectivity index (χ3n) is 5.66. The van der Waals surface area contributed by atoms with Crippen molar-refractivity contribution < 1.29 is 4.74 Å². The van der Waals surface area contributed by atoms with Crippen LogP contribution in [0, 0.1) is 18.3 Å². The molecule has 0 aliphatic carbocycles. The van der Waals surface area contributed by atoms with Crippen molar-refractivity contribution >= 4 is 33.2 Å². The number of hydrogen-bond donors (Lipinski definition) is 2. The number of rotatable bonds is 7. The summed E-state index contributed by atoms with van der Waals surface area (Å²) in [6, 6.07) is 7.38.